The fourth-order valence-corrected chi connectivity index (χ4v) is 2.86. The highest BCUT2D eigenvalue weighted by Gasteiger charge is 2.07. The molecule has 0 amide bonds. The third-order valence-electron chi connectivity index (χ3n) is 3.86. The third kappa shape index (κ3) is 2.59. The molecule has 1 aromatic heterocycles. The van der Waals surface area contributed by atoms with Crippen molar-refractivity contribution >= 4 is 45.2 Å². The van der Waals surface area contributed by atoms with Crippen LogP contribution in [0.25, 0.3) is 21.7 Å². The van der Waals surface area contributed by atoms with Crippen LogP contribution in [0.5, 0.6) is 0 Å². The quantitative estimate of drug-likeness (QED) is 0.282. The Kier molecular flexibility index (Phi) is 3.63. The van der Waals surface area contributed by atoms with Gasteiger partial charge in [0.2, 0.25) is 0 Å². The Labute approximate surface area is 142 Å². The zero-order valence-electron chi connectivity index (χ0n) is 12.6. The van der Waals surface area contributed by atoms with Crippen LogP contribution in [-0.4, -0.2) is 6.21 Å². The SMILES string of the molecule is O=c1oc2cc(N=Cc3ccccc3Cl)ccc2c2ccccc12. The van der Waals surface area contributed by atoms with Crippen LogP contribution < -0.4 is 5.63 Å². The van der Waals surface area contributed by atoms with Crippen LogP contribution in [0.2, 0.25) is 5.02 Å². The van der Waals surface area contributed by atoms with Crippen molar-refractivity contribution in [3.05, 3.63) is 87.7 Å². The minimum Gasteiger partial charge on any atom is -0.422 e. The molecule has 0 bridgehead atoms. The Morgan fingerprint density at radius 3 is 2.46 bits per heavy atom. The Hall–Kier alpha value is -2.91. The number of fused-ring (bicyclic) bond motifs is 3. The molecule has 0 aliphatic carbocycles. The van der Waals surface area contributed by atoms with E-state index in [1.165, 1.54) is 0 Å². The first-order chi connectivity index (χ1) is 11.7. The van der Waals surface area contributed by atoms with Gasteiger partial charge in [0.25, 0.3) is 0 Å². The monoisotopic (exact) mass is 333 g/mol. The fourth-order valence-electron chi connectivity index (χ4n) is 2.67. The van der Waals surface area contributed by atoms with E-state index in [-0.39, 0.29) is 5.63 Å². The molecule has 0 atom stereocenters. The lowest BCUT2D eigenvalue weighted by Crippen LogP contribution is -1.99. The molecule has 0 aliphatic heterocycles. The number of hydrogen-bond donors (Lipinski definition) is 0. The maximum atomic E-state index is 12.1. The lowest BCUT2D eigenvalue weighted by molar-refractivity contribution is 0.570. The summed E-state index contributed by atoms with van der Waals surface area (Å²) in [7, 11) is 0. The number of rotatable bonds is 2. The van der Waals surface area contributed by atoms with Crippen LogP contribution in [0.3, 0.4) is 0 Å². The van der Waals surface area contributed by atoms with Crippen molar-refractivity contribution in [1.29, 1.82) is 0 Å². The van der Waals surface area contributed by atoms with Crippen LogP contribution in [-0.2, 0) is 0 Å². The molecule has 0 saturated carbocycles. The van der Waals surface area contributed by atoms with Gasteiger partial charge in [-0.2, -0.15) is 0 Å². The van der Waals surface area contributed by atoms with Gasteiger partial charge in [-0.15, -0.1) is 0 Å². The molecular weight excluding hydrogens is 322 g/mol. The van der Waals surface area contributed by atoms with E-state index < -0.39 is 0 Å². The van der Waals surface area contributed by atoms with Crippen LogP contribution in [0, 0.1) is 0 Å². The molecule has 0 spiro atoms. The maximum absolute atomic E-state index is 12.1. The van der Waals surface area contributed by atoms with E-state index in [1.54, 1.807) is 18.3 Å². The van der Waals surface area contributed by atoms with E-state index in [9.17, 15) is 4.79 Å². The van der Waals surface area contributed by atoms with Gasteiger partial charge in [0.15, 0.2) is 0 Å². The van der Waals surface area contributed by atoms with Gasteiger partial charge in [-0.3, -0.25) is 4.99 Å². The molecule has 24 heavy (non-hydrogen) atoms. The summed E-state index contributed by atoms with van der Waals surface area (Å²) in [5.74, 6) is 0. The summed E-state index contributed by atoms with van der Waals surface area (Å²) < 4.78 is 5.44. The predicted octanol–water partition coefficient (Wildman–Crippen LogP) is 5.35. The molecular formula is C20H12ClNO2. The number of aliphatic imine (C=N–C) groups is 1. The van der Waals surface area contributed by atoms with Gasteiger partial charge in [0.05, 0.1) is 11.1 Å². The maximum Gasteiger partial charge on any atom is 0.344 e. The standard InChI is InChI=1S/C20H12ClNO2/c21-18-8-4-1-5-13(18)12-22-14-9-10-16-15-6-2-3-7-17(15)20(23)24-19(16)11-14/h1-12H. The van der Waals surface area contributed by atoms with Crippen molar-refractivity contribution in [2.24, 2.45) is 4.99 Å². The number of benzene rings is 3. The number of hydrogen-bond acceptors (Lipinski definition) is 3. The van der Waals surface area contributed by atoms with Crippen LogP contribution in [0.15, 0.2) is 80.9 Å². The van der Waals surface area contributed by atoms with E-state index in [4.69, 9.17) is 16.0 Å². The lowest BCUT2D eigenvalue weighted by atomic mass is 10.1. The molecule has 0 radical (unpaired) electrons. The third-order valence-corrected chi connectivity index (χ3v) is 4.21. The first kappa shape index (κ1) is 14.7. The Balaban J connectivity index is 1.83. The minimum atomic E-state index is -0.342. The van der Waals surface area contributed by atoms with Crippen LogP contribution >= 0.6 is 11.6 Å². The fraction of sp³-hybridized carbons (Fsp3) is 0. The number of nitrogens with zero attached hydrogens (tertiary/aromatic N) is 1. The normalized spacial score (nSPS) is 11.5. The van der Waals surface area contributed by atoms with Crippen molar-refractivity contribution in [3.63, 3.8) is 0 Å². The highest BCUT2D eigenvalue weighted by atomic mass is 35.5. The van der Waals surface area contributed by atoms with Gasteiger partial charge in [-0.1, -0.05) is 48.0 Å². The van der Waals surface area contributed by atoms with Crippen molar-refractivity contribution < 1.29 is 4.42 Å². The topological polar surface area (TPSA) is 42.6 Å². The molecule has 1 heterocycles. The largest absolute Gasteiger partial charge is 0.422 e. The van der Waals surface area contributed by atoms with Crippen molar-refractivity contribution in [2.45, 2.75) is 0 Å². The van der Waals surface area contributed by atoms with Gasteiger partial charge in [0, 0.05) is 28.3 Å². The zero-order valence-corrected chi connectivity index (χ0v) is 13.3. The summed E-state index contributed by atoms with van der Waals surface area (Å²) in [6.45, 7) is 0. The number of halogens is 1. The summed E-state index contributed by atoms with van der Waals surface area (Å²) in [6, 6.07) is 20.5. The molecule has 3 nitrogen and oxygen atoms in total. The summed E-state index contributed by atoms with van der Waals surface area (Å²) in [6.07, 6.45) is 1.70. The first-order valence-electron chi connectivity index (χ1n) is 7.46. The summed E-state index contributed by atoms with van der Waals surface area (Å²) in [5, 5.41) is 2.99. The molecule has 0 fully saturated rings. The molecule has 0 aliphatic rings. The van der Waals surface area contributed by atoms with Crippen molar-refractivity contribution in [1.82, 2.24) is 0 Å². The first-order valence-corrected chi connectivity index (χ1v) is 7.84. The molecule has 0 unspecified atom stereocenters. The lowest BCUT2D eigenvalue weighted by Gasteiger charge is -2.03. The minimum absolute atomic E-state index is 0.342. The van der Waals surface area contributed by atoms with Gasteiger partial charge in [0.1, 0.15) is 5.58 Å². The summed E-state index contributed by atoms with van der Waals surface area (Å²) >= 11 is 6.12. The Bertz CT molecular complexity index is 1150. The molecule has 116 valence electrons. The van der Waals surface area contributed by atoms with Gasteiger partial charge < -0.3 is 4.42 Å². The molecule has 3 aromatic carbocycles. The van der Waals surface area contributed by atoms with Gasteiger partial charge in [-0.25, -0.2) is 4.79 Å². The second kappa shape index (κ2) is 5.95. The predicted molar refractivity (Wildman–Crippen MR) is 98.7 cm³/mol. The second-order valence-corrected chi connectivity index (χ2v) is 5.80. The molecule has 4 rings (SSSR count). The molecule has 4 heteroatoms. The van der Waals surface area contributed by atoms with Crippen LogP contribution in [0.1, 0.15) is 5.56 Å². The van der Waals surface area contributed by atoms with Gasteiger partial charge >= 0.3 is 5.63 Å². The Morgan fingerprint density at radius 1 is 0.875 bits per heavy atom. The van der Waals surface area contributed by atoms with E-state index in [0.717, 1.165) is 16.3 Å². The van der Waals surface area contributed by atoms with Gasteiger partial charge in [-0.05, 0) is 29.7 Å². The zero-order chi connectivity index (χ0) is 16.5. The smallest absolute Gasteiger partial charge is 0.344 e. The molecule has 4 aromatic rings. The Morgan fingerprint density at radius 2 is 1.62 bits per heavy atom. The van der Waals surface area contributed by atoms with E-state index in [2.05, 4.69) is 4.99 Å². The average molecular weight is 334 g/mol. The van der Waals surface area contributed by atoms with E-state index in [1.807, 2.05) is 54.6 Å². The molecule has 0 saturated heterocycles. The van der Waals surface area contributed by atoms with E-state index >= 15 is 0 Å². The highest BCUT2D eigenvalue weighted by Crippen LogP contribution is 2.26. The van der Waals surface area contributed by atoms with Crippen LogP contribution in [0.4, 0.5) is 5.69 Å². The second-order valence-electron chi connectivity index (χ2n) is 5.40. The molecule has 0 N–H and O–H groups in total. The highest BCUT2D eigenvalue weighted by molar-refractivity contribution is 6.33. The summed E-state index contributed by atoms with van der Waals surface area (Å²) in [4.78, 5) is 16.5. The van der Waals surface area contributed by atoms with Crippen molar-refractivity contribution in [3.8, 4) is 0 Å². The summed E-state index contributed by atoms with van der Waals surface area (Å²) in [5.41, 5.74) is 1.71. The average Bonchev–Trinajstić information content (AvgIpc) is 2.61. The van der Waals surface area contributed by atoms with Crippen molar-refractivity contribution in [2.75, 3.05) is 0 Å². The van der Waals surface area contributed by atoms with E-state index in [0.29, 0.717) is 21.7 Å².